The summed E-state index contributed by atoms with van der Waals surface area (Å²) in [5, 5.41) is 13.0. The van der Waals surface area contributed by atoms with Crippen LogP contribution < -0.4 is 5.32 Å². The van der Waals surface area contributed by atoms with Gasteiger partial charge in [-0.2, -0.15) is 0 Å². The molecule has 16 heavy (non-hydrogen) atoms. The molecule has 0 aliphatic carbocycles. The number of likely N-dealkylation sites (tertiary alicyclic amines) is 1. The molecule has 0 aromatic heterocycles. The van der Waals surface area contributed by atoms with Gasteiger partial charge in [0.2, 0.25) is 0 Å². The van der Waals surface area contributed by atoms with Crippen LogP contribution in [0, 0.1) is 0 Å². The van der Waals surface area contributed by atoms with Crippen LogP contribution in [0.4, 0.5) is 0 Å². The molecule has 1 fully saturated rings. The van der Waals surface area contributed by atoms with Crippen molar-refractivity contribution >= 4 is 0 Å². The summed E-state index contributed by atoms with van der Waals surface area (Å²) < 4.78 is 4.94. The molecule has 4 heteroatoms. The lowest BCUT2D eigenvalue weighted by molar-refractivity contribution is 0.110. The zero-order valence-corrected chi connectivity index (χ0v) is 10.5. The molecular weight excluding hydrogens is 204 g/mol. The number of hydrogen-bond donors (Lipinski definition) is 2. The average Bonchev–Trinajstić information content (AvgIpc) is 2.53. The number of hydrogen-bond acceptors (Lipinski definition) is 4. The van der Waals surface area contributed by atoms with Crippen LogP contribution in [0.5, 0.6) is 0 Å². The van der Waals surface area contributed by atoms with Crippen molar-refractivity contribution in [1.29, 1.82) is 0 Å². The van der Waals surface area contributed by atoms with Gasteiger partial charge >= 0.3 is 0 Å². The average molecular weight is 230 g/mol. The van der Waals surface area contributed by atoms with Gasteiger partial charge in [0.15, 0.2) is 0 Å². The second-order valence-electron chi connectivity index (χ2n) is 4.57. The van der Waals surface area contributed by atoms with Gasteiger partial charge in [0.1, 0.15) is 0 Å². The highest BCUT2D eigenvalue weighted by Gasteiger charge is 2.13. The lowest BCUT2D eigenvalue weighted by Crippen LogP contribution is -2.39. The molecule has 0 radical (unpaired) electrons. The molecule has 1 heterocycles. The van der Waals surface area contributed by atoms with Gasteiger partial charge < -0.3 is 20.1 Å². The molecule has 0 amide bonds. The van der Waals surface area contributed by atoms with Crippen molar-refractivity contribution in [1.82, 2.24) is 10.2 Å². The van der Waals surface area contributed by atoms with E-state index in [2.05, 4.69) is 10.2 Å². The number of nitrogens with zero attached hydrogens (tertiary/aromatic N) is 1. The lowest BCUT2D eigenvalue weighted by Gasteiger charge is -2.23. The fourth-order valence-corrected chi connectivity index (χ4v) is 2.12. The van der Waals surface area contributed by atoms with Crippen molar-refractivity contribution in [3.63, 3.8) is 0 Å². The smallest absolute Gasteiger partial charge is 0.0791 e. The highest BCUT2D eigenvalue weighted by atomic mass is 16.5. The van der Waals surface area contributed by atoms with Gasteiger partial charge in [-0.15, -0.1) is 0 Å². The van der Waals surface area contributed by atoms with Crippen molar-refractivity contribution < 1.29 is 9.84 Å². The summed E-state index contributed by atoms with van der Waals surface area (Å²) in [5.74, 6) is 0. The van der Waals surface area contributed by atoms with E-state index < -0.39 is 0 Å². The van der Waals surface area contributed by atoms with E-state index in [0.717, 1.165) is 26.2 Å². The number of nitrogens with one attached hydrogen (secondary N) is 1. The predicted octanol–water partition coefficient (Wildman–Crippen LogP) is 0.459. The van der Waals surface area contributed by atoms with Crippen molar-refractivity contribution in [2.24, 2.45) is 0 Å². The molecule has 1 aliphatic heterocycles. The Morgan fingerprint density at radius 1 is 1.25 bits per heavy atom. The van der Waals surface area contributed by atoms with Crippen molar-refractivity contribution in [2.45, 2.75) is 31.8 Å². The summed E-state index contributed by atoms with van der Waals surface area (Å²) in [6.45, 7) is 5.29. The van der Waals surface area contributed by atoms with E-state index in [9.17, 15) is 5.11 Å². The van der Waals surface area contributed by atoms with Crippen molar-refractivity contribution in [2.75, 3.05) is 46.4 Å². The predicted molar refractivity (Wildman–Crippen MR) is 65.7 cm³/mol. The van der Waals surface area contributed by atoms with Crippen molar-refractivity contribution in [3.8, 4) is 0 Å². The number of aliphatic hydroxyl groups excluding tert-OH is 1. The van der Waals surface area contributed by atoms with E-state index >= 15 is 0 Å². The first-order valence-electron chi connectivity index (χ1n) is 6.43. The molecule has 1 aliphatic rings. The minimum Gasteiger partial charge on any atom is -0.390 e. The van der Waals surface area contributed by atoms with E-state index in [4.69, 9.17) is 4.74 Å². The van der Waals surface area contributed by atoms with Crippen LogP contribution >= 0.6 is 0 Å². The molecule has 4 nitrogen and oxygen atoms in total. The Labute approximate surface area is 99.0 Å². The molecular formula is C12H26N2O2. The fourth-order valence-electron chi connectivity index (χ4n) is 2.12. The van der Waals surface area contributed by atoms with Gasteiger partial charge in [-0.1, -0.05) is 12.8 Å². The lowest BCUT2D eigenvalue weighted by atomic mass is 10.2. The Morgan fingerprint density at radius 3 is 2.56 bits per heavy atom. The molecule has 0 aromatic rings. The Morgan fingerprint density at radius 2 is 1.94 bits per heavy atom. The van der Waals surface area contributed by atoms with Crippen LogP contribution in [-0.4, -0.2) is 62.6 Å². The SMILES string of the molecule is COCCNCC(O)CN1CCCCCC1. The third-order valence-corrected chi connectivity index (χ3v) is 3.03. The standard InChI is InChI=1S/C12H26N2O2/c1-16-9-6-13-10-12(15)11-14-7-4-2-3-5-8-14/h12-13,15H,2-11H2,1H3. The maximum absolute atomic E-state index is 9.85. The summed E-state index contributed by atoms with van der Waals surface area (Å²) in [7, 11) is 1.69. The quantitative estimate of drug-likeness (QED) is 0.624. The number of rotatable bonds is 7. The highest BCUT2D eigenvalue weighted by Crippen LogP contribution is 2.09. The Hall–Kier alpha value is -0.160. The van der Waals surface area contributed by atoms with E-state index in [1.165, 1.54) is 25.7 Å². The van der Waals surface area contributed by atoms with Gasteiger partial charge in [-0.3, -0.25) is 0 Å². The monoisotopic (exact) mass is 230 g/mol. The maximum Gasteiger partial charge on any atom is 0.0791 e. The summed E-state index contributed by atoms with van der Waals surface area (Å²) in [6, 6.07) is 0. The number of aliphatic hydroxyl groups is 1. The fraction of sp³-hybridized carbons (Fsp3) is 1.00. The third-order valence-electron chi connectivity index (χ3n) is 3.03. The van der Waals surface area contributed by atoms with E-state index in [-0.39, 0.29) is 6.10 Å². The summed E-state index contributed by atoms with van der Waals surface area (Å²) >= 11 is 0. The topological polar surface area (TPSA) is 44.7 Å². The molecule has 96 valence electrons. The number of methoxy groups -OCH3 is 1. The molecule has 1 atom stereocenters. The second kappa shape index (κ2) is 8.93. The molecule has 0 aromatic carbocycles. The normalized spacial score (nSPS) is 20.6. The van der Waals surface area contributed by atoms with E-state index in [1.54, 1.807) is 7.11 Å². The van der Waals surface area contributed by atoms with Gasteiger partial charge in [-0.25, -0.2) is 0 Å². The van der Waals surface area contributed by atoms with Crippen LogP contribution in [0.2, 0.25) is 0 Å². The first-order valence-corrected chi connectivity index (χ1v) is 6.43. The van der Waals surface area contributed by atoms with E-state index in [1.807, 2.05) is 0 Å². The summed E-state index contributed by atoms with van der Waals surface area (Å²) in [5.41, 5.74) is 0. The minimum atomic E-state index is -0.255. The Balaban J connectivity index is 2.04. The van der Waals surface area contributed by atoms with Crippen molar-refractivity contribution in [3.05, 3.63) is 0 Å². The molecule has 0 bridgehead atoms. The molecule has 0 spiro atoms. The van der Waals surface area contributed by atoms with Crippen LogP contribution in [-0.2, 0) is 4.74 Å². The van der Waals surface area contributed by atoms with Gasteiger partial charge in [-0.05, 0) is 25.9 Å². The number of β-amino-alcohol motifs (C(OH)–C–C–N with tert-alkyl or cyclic N) is 1. The molecule has 2 N–H and O–H groups in total. The largest absolute Gasteiger partial charge is 0.390 e. The first-order chi connectivity index (χ1) is 7.83. The third kappa shape index (κ3) is 6.43. The zero-order valence-electron chi connectivity index (χ0n) is 10.5. The van der Waals surface area contributed by atoms with Crippen LogP contribution in [0.3, 0.4) is 0 Å². The highest BCUT2D eigenvalue weighted by molar-refractivity contribution is 4.69. The van der Waals surface area contributed by atoms with Gasteiger partial charge in [0.25, 0.3) is 0 Å². The minimum absolute atomic E-state index is 0.255. The number of ether oxygens (including phenoxy) is 1. The molecule has 1 unspecified atom stereocenters. The summed E-state index contributed by atoms with van der Waals surface area (Å²) in [6.07, 6.45) is 5.00. The van der Waals surface area contributed by atoms with Gasteiger partial charge in [0, 0.05) is 26.7 Å². The maximum atomic E-state index is 9.85. The zero-order chi connectivity index (χ0) is 11.6. The van der Waals surface area contributed by atoms with Crippen LogP contribution in [0.25, 0.3) is 0 Å². The second-order valence-corrected chi connectivity index (χ2v) is 4.57. The molecule has 1 rings (SSSR count). The van der Waals surface area contributed by atoms with Crippen LogP contribution in [0.1, 0.15) is 25.7 Å². The van der Waals surface area contributed by atoms with Crippen LogP contribution in [0.15, 0.2) is 0 Å². The molecule has 1 saturated heterocycles. The Bertz CT molecular complexity index is 159. The Kier molecular flexibility index (Phi) is 7.76. The van der Waals surface area contributed by atoms with Gasteiger partial charge in [0.05, 0.1) is 12.7 Å². The summed E-state index contributed by atoms with van der Waals surface area (Å²) in [4.78, 5) is 2.38. The first kappa shape index (κ1) is 13.9. The molecule has 0 saturated carbocycles. The van der Waals surface area contributed by atoms with E-state index in [0.29, 0.717) is 13.2 Å².